The summed E-state index contributed by atoms with van der Waals surface area (Å²) in [6.07, 6.45) is 0. The van der Waals surface area contributed by atoms with Crippen LogP contribution in [0.5, 0.6) is 0 Å². The second kappa shape index (κ2) is 13.8. The topological polar surface area (TPSA) is 56.7 Å². The average molecular weight is 853 g/mol. The lowest BCUT2D eigenvalue weighted by Crippen LogP contribution is -2.00. The maximum absolute atomic E-state index is 6.47. The van der Waals surface area contributed by atoms with E-state index in [1.165, 1.54) is 62.2 Å². The van der Waals surface area contributed by atoms with Crippen LogP contribution in [0, 0.1) is 0 Å². The zero-order valence-corrected chi connectivity index (χ0v) is 35.6. The number of nitrogens with zero attached hydrogens (tertiary/aromatic N) is 4. The van der Waals surface area contributed by atoms with E-state index in [1.807, 2.05) is 95.5 Å². The van der Waals surface area contributed by atoms with Gasteiger partial charge in [-0.2, -0.15) is 0 Å². The van der Waals surface area contributed by atoms with Crippen molar-refractivity contribution in [2.24, 2.45) is 0 Å². The summed E-state index contributed by atoms with van der Waals surface area (Å²) in [6.45, 7) is 0. The molecule has 0 aliphatic rings. The van der Waals surface area contributed by atoms with Crippen molar-refractivity contribution in [3.8, 4) is 51.0 Å². The van der Waals surface area contributed by atoms with E-state index in [1.54, 1.807) is 0 Å². The van der Waals surface area contributed by atoms with Gasteiger partial charge in [0, 0.05) is 84.3 Å². The predicted octanol–water partition coefficient (Wildman–Crippen LogP) is 16.3. The molecular weight excluding hydrogens is 821 g/mol. The summed E-state index contributed by atoms with van der Waals surface area (Å²) in [5.41, 5.74) is 10.2. The third-order valence-corrected chi connectivity index (χ3v) is 14.9. The van der Waals surface area contributed by atoms with E-state index >= 15 is 0 Å². The average Bonchev–Trinajstić information content (AvgIpc) is 4.11. The molecule has 0 saturated heterocycles. The monoisotopic (exact) mass is 852 g/mol. The third kappa shape index (κ3) is 5.51. The van der Waals surface area contributed by atoms with E-state index < -0.39 is 0 Å². The Morgan fingerprint density at radius 2 is 0.812 bits per heavy atom. The molecule has 0 radical (unpaired) electrons. The van der Waals surface area contributed by atoms with Crippen LogP contribution in [0.1, 0.15) is 0 Å². The standard InChI is InChI=1S/C57H32N4OS2/c1-3-11-33(12-4-1)55-58-56(34-13-5-2-6-14-34)60-57(59-55)37-20-24-49-42(29-37)43-30-38(22-25-50(43)62-49)61-47-17-9-7-15-39(47)41-27-35(19-23-48(41)61)36-21-26-52-44(28-36)46-32-53-45(31-54(46)64-52)40-16-8-10-18-51(40)63-53/h1-32H. The Morgan fingerprint density at radius 3 is 1.55 bits per heavy atom. The first kappa shape index (κ1) is 35.6. The van der Waals surface area contributed by atoms with Gasteiger partial charge in [0.05, 0.1) is 11.0 Å². The predicted molar refractivity (Wildman–Crippen MR) is 269 cm³/mol. The number of para-hydroxylation sites is 1. The van der Waals surface area contributed by atoms with Gasteiger partial charge in [0.1, 0.15) is 11.2 Å². The first-order chi connectivity index (χ1) is 31.7. The van der Waals surface area contributed by atoms with E-state index in [0.29, 0.717) is 17.5 Å². The molecule has 14 rings (SSSR count). The lowest BCUT2D eigenvalue weighted by atomic mass is 10.0. The Hall–Kier alpha value is -7.97. The van der Waals surface area contributed by atoms with Crippen molar-refractivity contribution in [2.75, 3.05) is 0 Å². The van der Waals surface area contributed by atoms with Crippen molar-refractivity contribution in [2.45, 2.75) is 0 Å². The number of hydrogen-bond acceptors (Lipinski definition) is 6. The van der Waals surface area contributed by atoms with Gasteiger partial charge in [-0.3, -0.25) is 0 Å². The molecule has 64 heavy (non-hydrogen) atoms. The quantitative estimate of drug-likeness (QED) is 0.173. The fraction of sp³-hybridized carbons (Fsp3) is 0. The molecule has 0 atom stereocenters. The number of aromatic nitrogens is 4. The summed E-state index contributed by atoms with van der Waals surface area (Å²) in [6, 6.07) is 69.1. The zero-order chi connectivity index (χ0) is 41.9. The van der Waals surface area contributed by atoms with E-state index in [9.17, 15) is 0 Å². The number of benzene rings is 9. The molecule has 0 saturated carbocycles. The fourth-order valence-electron chi connectivity index (χ4n) is 9.59. The van der Waals surface area contributed by atoms with Crippen molar-refractivity contribution < 1.29 is 4.42 Å². The summed E-state index contributed by atoms with van der Waals surface area (Å²) < 4.78 is 14.2. The van der Waals surface area contributed by atoms with Crippen LogP contribution in [0.25, 0.3) is 135 Å². The van der Waals surface area contributed by atoms with Crippen molar-refractivity contribution in [1.29, 1.82) is 0 Å². The molecule has 14 aromatic rings. The molecular formula is C57H32N4OS2. The van der Waals surface area contributed by atoms with Gasteiger partial charge in [0.15, 0.2) is 17.5 Å². The van der Waals surface area contributed by atoms with Crippen LogP contribution in [-0.2, 0) is 0 Å². The Balaban J connectivity index is 0.889. The van der Waals surface area contributed by atoms with Gasteiger partial charge in [-0.25, -0.2) is 15.0 Å². The number of thiophene rings is 2. The Labute approximate surface area is 373 Å². The maximum atomic E-state index is 6.47. The molecule has 0 bridgehead atoms. The van der Waals surface area contributed by atoms with Crippen LogP contribution < -0.4 is 0 Å². The summed E-state index contributed by atoms with van der Waals surface area (Å²) in [7, 11) is 0. The molecule has 0 fully saturated rings. The van der Waals surface area contributed by atoms with Crippen LogP contribution in [0.4, 0.5) is 0 Å². The first-order valence-electron chi connectivity index (χ1n) is 21.3. The Kier molecular flexibility index (Phi) is 7.66. The number of hydrogen-bond donors (Lipinski definition) is 0. The minimum absolute atomic E-state index is 0.609. The summed E-state index contributed by atoms with van der Waals surface area (Å²) in [4.78, 5) is 14.9. The van der Waals surface area contributed by atoms with Gasteiger partial charge in [0.2, 0.25) is 0 Å². The van der Waals surface area contributed by atoms with Gasteiger partial charge in [-0.05, 0) is 96.1 Å². The SMILES string of the molecule is c1ccc(-c2nc(-c3ccccc3)nc(-c3ccc4oc5ccc(-n6c7ccccc7c7cc(-c8ccc9sc%10cc%11c(cc%10c9c8)sc8ccccc8%11)ccc76)cc5c4c3)n2)cc1. The van der Waals surface area contributed by atoms with Gasteiger partial charge in [0.25, 0.3) is 0 Å². The van der Waals surface area contributed by atoms with E-state index in [4.69, 9.17) is 19.4 Å². The molecule has 5 heterocycles. The second-order valence-corrected chi connectivity index (χ2v) is 18.5. The zero-order valence-electron chi connectivity index (χ0n) is 34.0. The highest BCUT2D eigenvalue weighted by molar-refractivity contribution is 7.27. The fourth-order valence-corrected chi connectivity index (χ4v) is 11.8. The molecule has 7 heteroatoms. The van der Waals surface area contributed by atoms with E-state index in [0.717, 1.165) is 55.3 Å². The smallest absolute Gasteiger partial charge is 0.164 e. The van der Waals surface area contributed by atoms with Crippen molar-refractivity contribution in [3.63, 3.8) is 0 Å². The van der Waals surface area contributed by atoms with Crippen LogP contribution in [0.2, 0.25) is 0 Å². The minimum Gasteiger partial charge on any atom is -0.456 e. The summed E-state index contributed by atoms with van der Waals surface area (Å²) in [5.74, 6) is 1.87. The molecule has 5 nitrogen and oxygen atoms in total. The first-order valence-corrected chi connectivity index (χ1v) is 23.0. The van der Waals surface area contributed by atoms with Crippen LogP contribution >= 0.6 is 22.7 Å². The molecule has 5 aromatic heterocycles. The van der Waals surface area contributed by atoms with E-state index in [-0.39, 0.29) is 0 Å². The van der Waals surface area contributed by atoms with Crippen LogP contribution in [0.3, 0.4) is 0 Å². The Bertz CT molecular complexity index is 4140. The maximum Gasteiger partial charge on any atom is 0.164 e. The lowest BCUT2D eigenvalue weighted by molar-refractivity contribution is 0.669. The van der Waals surface area contributed by atoms with Gasteiger partial charge in [-0.15, -0.1) is 22.7 Å². The lowest BCUT2D eigenvalue weighted by Gasteiger charge is -2.09. The molecule has 0 spiro atoms. The second-order valence-electron chi connectivity index (χ2n) is 16.4. The summed E-state index contributed by atoms with van der Waals surface area (Å²) >= 11 is 3.77. The molecule has 9 aromatic carbocycles. The third-order valence-electron chi connectivity index (χ3n) is 12.6. The largest absolute Gasteiger partial charge is 0.456 e. The molecule has 0 amide bonds. The molecule has 0 aliphatic heterocycles. The number of rotatable bonds is 5. The normalized spacial score (nSPS) is 12.1. The highest BCUT2D eigenvalue weighted by atomic mass is 32.1. The van der Waals surface area contributed by atoms with Gasteiger partial charge in [-0.1, -0.05) is 109 Å². The molecule has 0 unspecified atom stereocenters. The van der Waals surface area contributed by atoms with Crippen molar-refractivity contribution >= 4 is 107 Å². The highest BCUT2D eigenvalue weighted by Gasteiger charge is 2.19. The molecule has 0 aliphatic carbocycles. The molecule has 298 valence electrons. The van der Waals surface area contributed by atoms with Crippen molar-refractivity contribution in [1.82, 2.24) is 19.5 Å². The summed E-state index contributed by atoms with van der Waals surface area (Å²) in [5, 5.41) is 9.79. The van der Waals surface area contributed by atoms with Gasteiger partial charge < -0.3 is 8.98 Å². The Morgan fingerprint density at radius 1 is 0.312 bits per heavy atom. The minimum atomic E-state index is 0.609. The van der Waals surface area contributed by atoms with Crippen LogP contribution in [0.15, 0.2) is 199 Å². The van der Waals surface area contributed by atoms with Crippen molar-refractivity contribution in [3.05, 3.63) is 194 Å². The van der Waals surface area contributed by atoms with Crippen LogP contribution in [-0.4, -0.2) is 19.5 Å². The van der Waals surface area contributed by atoms with E-state index in [2.05, 4.69) is 126 Å². The molecule has 0 N–H and O–H groups in total. The highest BCUT2D eigenvalue weighted by Crippen LogP contribution is 2.44. The number of fused-ring (bicyclic) bond motifs is 12. The van der Waals surface area contributed by atoms with Gasteiger partial charge >= 0.3 is 0 Å². The number of furan rings is 1.